The standard InChI is InChI=1S/C35H60O3/c1-4-5-6-7-8-9-10-11-12-13-14-15-16-17-33(37)38-28-22-24-34(2)27(26-28)18-19-29-30-20-21-32(36)35(30,3)25-23-31(29)34/h27-31H,4-26H2,1-3H3/t27-,28+,29-,30-,31-,34-,35-/m0/s1. The van der Waals surface area contributed by atoms with Gasteiger partial charge >= 0.3 is 5.97 Å². The predicted octanol–water partition coefficient (Wildman–Crippen LogP) is 9.99. The van der Waals surface area contributed by atoms with Crippen LogP contribution < -0.4 is 0 Å². The normalized spacial score (nSPS) is 36.4. The molecule has 0 bridgehead atoms. The van der Waals surface area contributed by atoms with Gasteiger partial charge in [-0.15, -0.1) is 0 Å². The molecule has 0 amide bonds. The van der Waals surface area contributed by atoms with Crippen LogP contribution in [-0.2, 0) is 14.3 Å². The smallest absolute Gasteiger partial charge is 0.306 e. The molecule has 0 spiro atoms. The number of Topliss-reactive ketones (excluding diaryl/α,β-unsaturated/α-hetero) is 1. The summed E-state index contributed by atoms with van der Waals surface area (Å²) in [5.74, 6) is 3.43. The van der Waals surface area contributed by atoms with E-state index in [4.69, 9.17) is 4.74 Å². The fourth-order valence-corrected chi connectivity index (χ4v) is 9.63. The number of ether oxygens (including phenoxy) is 1. The minimum absolute atomic E-state index is 0.0232. The van der Waals surface area contributed by atoms with E-state index in [1.54, 1.807) is 0 Å². The number of ketones is 1. The van der Waals surface area contributed by atoms with E-state index in [1.807, 2.05) is 0 Å². The van der Waals surface area contributed by atoms with E-state index in [0.29, 0.717) is 29.5 Å². The fraction of sp³-hybridized carbons (Fsp3) is 0.943. The van der Waals surface area contributed by atoms with Gasteiger partial charge in [-0.05, 0) is 86.9 Å². The van der Waals surface area contributed by atoms with Crippen molar-refractivity contribution in [1.82, 2.24) is 0 Å². The fourth-order valence-electron chi connectivity index (χ4n) is 9.63. The Kier molecular flexibility index (Phi) is 11.2. The van der Waals surface area contributed by atoms with Gasteiger partial charge < -0.3 is 4.74 Å². The van der Waals surface area contributed by atoms with Gasteiger partial charge in [0.1, 0.15) is 11.9 Å². The minimum Gasteiger partial charge on any atom is -0.462 e. The Morgan fingerprint density at radius 1 is 0.763 bits per heavy atom. The van der Waals surface area contributed by atoms with E-state index in [0.717, 1.165) is 50.4 Å². The highest BCUT2D eigenvalue weighted by atomic mass is 16.5. The number of esters is 1. The largest absolute Gasteiger partial charge is 0.462 e. The van der Waals surface area contributed by atoms with Crippen LogP contribution in [0.25, 0.3) is 0 Å². The maximum Gasteiger partial charge on any atom is 0.306 e. The van der Waals surface area contributed by atoms with Crippen molar-refractivity contribution < 1.29 is 14.3 Å². The maximum atomic E-state index is 12.7. The Bertz CT molecular complexity index is 760. The maximum absolute atomic E-state index is 12.7. The second kappa shape index (κ2) is 14.2. The van der Waals surface area contributed by atoms with Crippen molar-refractivity contribution in [3.8, 4) is 0 Å². The summed E-state index contributed by atoms with van der Waals surface area (Å²) < 4.78 is 6.04. The molecular formula is C35H60O3. The summed E-state index contributed by atoms with van der Waals surface area (Å²) in [4.78, 5) is 25.3. The first-order chi connectivity index (χ1) is 18.4. The van der Waals surface area contributed by atoms with Crippen LogP contribution in [0, 0.1) is 34.5 Å². The molecule has 0 unspecified atom stereocenters. The van der Waals surface area contributed by atoms with Crippen molar-refractivity contribution in [3.63, 3.8) is 0 Å². The van der Waals surface area contributed by atoms with E-state index in [9.17, 15) is 9.59 Å². The van der Waals surface area contributed by atoms with Crippen LogP contribution in [0.5, 0.6) is 0 Å². The van der Waals surface area contributed by atoms with Crippen molar-refractivity contribution in [2.45, 2.75) is 175 Å². The molecule has 0 N–H and O–H groups in total. The molecule has 0 radical (unpaired) electrons. The summed E-state index contributed by atoms with van der Waals surface area (Å²) in [5.41, 5.74) is 0.360. The predicted molar refractivity (Wildman–Crippen MR) is 157 cm³/mol. The zero-order valence-corrected chi connectivity index (χ0v) is 25.4. The van der Waals surface area contributed by atoms with Crippen LogP contribution in [0.2, 0.25) is 0 Å². The second-order valence-corrected chi connectivity index (χ2v) is 14.5. The summed E-state index contributed by atoms with van der Waals surface area (Å²) in [6.07, 6.45) is 28.3. The number of carbonyl (C=O) groups excluding carboxylic acids is 2. The van der Waals surface area contributed by atoms with E-state index in [2.05, 4.69) is 20.8 Å². The van der Waals surface area contributed by atoms with Gasteiger partial charge in [0, 0.05) is 18.3 Å². The molecule has 3 nitrogen and oxygen atoms in total. The zero-order chi connectivity index (χ0) is 27.0. The average Bonchev–Trinajstić information content (AvgIpc) is 3.21. The Labute approximate surface area is 235 Å². The van der Waals surface area contributed by atoms with E-state index in [-0.39, 0.29) is 17.5 Å². The summed E-state index contributed by atoms with van der Waals surface area (Å²) in [5, 5.41) is 0. The average molecular weight is 529 g/mol. The van der Waals surface area contributed by atoms with Crippen LogP contribution in [0.4, 0.5) is 0 Å². The summed E-state index contributed by atoms with van der Waals surface area (Å²) in [6, 6.07) is 0. The zero-order valence-electron chi connectivity index (χ0n) is 25.4. The Hall–Kier alpha value is -0.860. The molecule has 3 heteroatoms. The number of rotatable bonds is 15. The van der Waals surface area contributed by atoms with Gasteiger partial charge in [0.25, 0.3) is 0 Å². The van der Waals surface area contributed by atoms with Gasteiger partial charge in [0.15, 0.2) is 0 Å². The van der Waals surface area contributed by atoms with Gasteiger partial charge in [-0.25, -0.2) is 0 Å². The van der Waals surface area contributed by atoms with Crippen LogP contribution in [0.1, 0.15) is 168 Å². The molecule has 0 aromatic heterocycles. The van der Waals surface area contributed by atoms with Crippen LogP contribution in [0.15, 0.2) is 0 Å². The molecule has 0 heterocycles. The molecule has 4 saturated carbocycles. The van der Waals surface area contributed by atoms with Gasteiger partial charge in [0.2, 0.25) is 0 Å². The molecule has 7 atom stereocenters. The lowest BCUT2D eigenvalue weighted by atomic mass is 9.45. The van der Waals surface area contributed by atoms with Crippen molar-refractivity contribution in [3.05, 3.63) is 0 Å². The van der Waals surface area contributed by atoms with E-state index >= 15 is 0 Å². The van der Waals surface area contributed by atoms with E-state index in [1.165, 1.54) is 103 Å². The third-order valence-electron chi connectivity index (χ3n) is 12.1. The lowest BCUT2D eigenvalue weighted by molar-refractivity contribution is -0.162. The number of fused-ring (bicyclic) bond motifs is 5. The van der Waals surface area contributed by atoms with Crippen LogP contribution >= 0.6 is 0 Å². The molecule has 4 fully saturated rings. The highest BCUT2D eigenvalue weighted by Gasteiger charge is 2.60. The monoisotopic (exact) mass is 528 g/mol. The van der Waals surface area contributed by atoms with Crippen LogP contribution in [-0.4, -0.2) is 17.9 Å². The number of unbranched alkanes of at least 4 members (excludes halogenated alkanes) is 12. The van der Waals surface area contributed by atoms with Gasteiger partial charge in [0.05, 0.1) is 0 Å². The van der Waals surface area contributed by atoms with Gasteiger partial charge in [-0.2, -0.15) is 0 Å². The first-order valence-electron chi connectivity index (χ1n) is 17.1. The lowest BCUT2D eigenvalue weighted by Gasteiger charge is -2.60. The molecule has 0 saturated heterocycles. The lowest BCUT2D eigenvalue weighted by Crippen LogP contribution is -2.54. The van der Waals surface area contributed by atoms with Crippen molar-refractivity contribution in [1.29, 1.82) is 0 Å². The third-order valence-corrected chi connectivity index (χ3v) is 12.1. The summed E-state index contributed by atoms with van der Waals surface area (Å²) >= 11 is 0. The SMILES string of the molecule is CCCCCCCCCCCCCCCC(=O)O[C@@H]1CC[C@@]2(C)[C@@H](CC[C@@H]3[C@@H]2CC[C@]2(C)C(=O)CC[C@@H]32)C1. The molecule has 218 valence electrons. The number of carbonyl (C=O) groups is 2. The minimum atomic E-state index is -0.0232. The Balaban J connectivity index is 1.07. The molecule has 0 aromatic rings. The molecule has 38 heavy (non-hydrogen) atoms. The second-order valence-electron chi connectivity index (χ2n) is 14.5. The highest BCUT2D eigenvalue weighted by molar-refractivity contribution is 5.87. The van der Waals surface area contributed by atoms with Crippen molar-refractivity contribution in [2.24, 2.45) is 34.5 Å². The molecule has 4 aliphatic carbocycles. The number of hydrogen-bond acceptors (Lipinski definition) is 3. The molecule has 0 aromatic carbocycles. The molecule has 4 rings (SSSR count). The number of hydrogen-bond donors (Lipinski definition) is 0. The van der Waals surface area contributed by atoms with Gasteiger partial charge in [-0.3, -0.25) is 9.59 Å². The first-order valence-corrected chi connectivity index (χ1v) is 17.1. The summed E-state index contributed by atoms with van der Waals surface area (Å²) in [7, 11) is 0. The Morgan fingerprint density at radius 2 is 1.39 bits per heavy atom. The summed E-state index contributed by atoms with van der Waals surface area (Å²) in [6.45, 7) is 7.12. The topological polar surface area (TPSA) is 43.4 Å². The molecule has 0 aliphatic heterocycles. The van der Waals surface area contributed by atoms with E-state index < -0.39 is 0 Å². The molecule has 4 aliphatic rings. The first kappa shape index (κ1) is 30.1. The third kappa shape index (κ3) is 7.06. The van der Waals surface area contributed by atoms with Crippen molar-refractivity contribution in [2.75, 3.05) is 0 Å². The highest BCUT2D eigenvalue weighted by Crippen LogP contribution is 2.65. The van der Waals surface area contributed by atoms with Gasteiger partial charge in [-0.1, -0.05) is 97.8 Å². The Morgan fingerprint density at radius 3 is 2.05 bits per heavy atom. The molecular weight excluding hydrogens is 468 g/mol. The van der Waals surface area contributed by atoms with Crippen LogP contribution in [0.3, 0.4) is 0 Å². The van der Waals surface area contributed by atoms with Crippen molar-refractivity contribution >= 4 is 11.8 Å². The quantitative estimate of drug-likeness (QED) is 0.157.